The molecule has 0 saturated heterocycles. The Morgan fingerprint density at radius 2 is 2.07 bits per heavy atom. The van der Waals surface area contributed by atoms with Crippen LogP contribution in [0.2, 0.25) is 0 Å². The maximum absolute atomic E-state index is 9.34. The summed E-state index contributed by atoms with van der Waals surface area (Å²) in [6.45, 7) is 3.64. The van der Waals surface area contributed by atoms with Gasteiger partial charge < -0.3 is 15.6 Å². The average Bonchev–Trinajstić information content (AvgIpc) is 2.16. The van der Waals surface area contributed by atoms with E-state index in [1.54, 1.807) is 14.0 Å². The van der Waals surface area contributed by atoms with Gasteiger partial charge in [-0.1, -0.05) is 12.1 Å². The third-order valence-electron chi connectivity index (χ3n) is 2.32. The van der Waals surface area contributed by atoms with Crippen LogP contribution in [0.5, 0.6) is 5.75 Å². The van der Waals surface area contributed by atoms with Crippen LogP contribution in [-0.4, -0.2) is 18.3 Å². The van der Waals surface area contributed by atoms with Crippen molar-refractivity contribution in [2.45, 2.75) is 26.0 Å². The first-order valence-electron chi connectivity index (χ1n) is 4.64. The monoisotopic (exact) mass is 195 g/mol. The number of rotatable bonds is 3. The van der Waals surface area contributed by atoms with E-state index in [2.05, 4.69) is 0 Å². The number of methoxy groups -OCH3 is 1. The summed E-state index contributed by atoms with van der Waals surface area (Å²) in [4.78, 5) is 0. The zero-order valence-corrected chi connectivity index (χ0v) is 8.82. The van der Waals surface area contributed by atoms with Crippen LogP contribution in [0.25, 0.3) is 0 Å². The molecule has 0 aliphatic carbocycles. The van der Waals surface area contributed by atoms with Gasteiger partial charge >= 0.3 is 0 Å². The van der Waals surface area contributed by atoms with E-state index in [1.165, 1.54) is 0 Å². The molecule has 14 heavy (non-hydrogen) atoms. The van der Waals surface area contributed by atoms with Gasteiger partial charge in [0.2, 0.25) is 0 Å². The fourth-order valence-corrected chi connectivity index (χ4v) is 1.39. The lowest BCUT2D eigenvalue weighted by atomic mass is 10.0. The average molecular weight is 195 g/mol. The number of hydrogen-bond acceptors (Lipinski definition) is 3. The fraction of sp³-hybridized carbons (Fsp3) is 0.455. The number of aryl methyl sites for hydroxylation is 1. The Bertz CT molecular complexity index is 310. The Morgan fingerprint density at radius 3 is 2.50 bits per heavy atom. The van der Waals surface area contributed by atoms with Crippen LogP contribution in [0.1, 0.15) is 24.1 Å². The third kappa shape index (κ3) is 2.25. The number of hydrogen-bond donors (Lipinski definition) is 2. The number of ether oxygens (including phenoxy) is 1. The van der Waals surface area contributed by atoms with Gasteiger partial charge in [0.25, 0.3) is 0 Å². The first kappa shape index (κ1) is 11.0. The summed E-state index contributed by atoms with van der Waals surface area (Å²) in [5.74, 6) is 0.839. The highest BCUT2D eigenvalue weighted by Crippen LogP contribution is 2.22. The Hall–Kier alpha value is -1.06. The first-order chi connectivity index (χ1) is 6.56. The molecular weight excluding hydrogens is 178 g/mol. The Labute approximate surface area is 84.5 Å². The summed E-state index contributed by atoms with van der Waals surface area (Å²) in [6, 6.07) is 5.35. The van der Waals surface area contributed by atoms with E-state index in [9.17, 15) is 5.11 Å². The standard InChI is InChI=1S/C11H17NO2/c1-7-6-9(11(12)8(2)13)4-5-10(7)14-3/h4-6,8,11,13H,12H2,1-3H3/t8-,11+/m1/s1. The SMILES string of the molecule is COc1ccc([C@@H](N)[C@@H](C)O)cc1C. The minimum Gasteiger partial charge on any atom is -0.496 e. The number of benzene rings is 1. The highest BCUT2D eigenvalue weighted by Gasteiger charge is 2.12. The molecule has 3 heteroatoms. The molecule has 0 spiro atoms. The van der Waals surface area contributed by atoms with Crippen LogP contribution in [0, 0.1) is 6.92 Å². The Balaban J connectivity index is 2.96. The van der Waals surface area contributed by atoms with Gasteiger partial charge in [0, 0.05) is 0 Å². The zero-order valence-electron chi connectivity index (χ0n) is 8.82. The van der Waals surface area contributed by atoms with Gasteiger partial charge in [-0.3, -0.25) is 0 Å². The molecule has 3 nitrogen and oxygen atoms in total. The smallest absolute Gasteiger partial charge is 0.121 e. The second kappa shape index (κ2) is 4.44. The predicted octanol–water partition coefficient (Wildman–Crippen LogP) is 1.38. The zero-order chi connectivity index (χ0) is 10.7. The molecule has 3 N–H and O–H groups in total. The second-order valence-electron chi connectivity index (χ2n) is 3.50. The van der Waals surface area contributed by atoms with Crippen molar-refractivity contribution in [3.05, 3.63) is 29.3 Å². The van der Waals surface area contributed by atoms with E-state index in [1.807, 2.05) is 25.1 Å². The van der Waals surface area contributed by atoms with Crippen LogP contribution in [-0.2, 0) is 0 Å². The number of nitrogens with two attached hydrogens (primary N) is 1. The summed E-state index contributed by atoms with van der Waals surface area (Å²) in [6.07, 6.45) is -0.539. The third-order valence-corrected chi connectivity index (χ3v) is 2.32. The molecule has 0 aliphatic heterocycles. The molecule has 0 aromatic heterocycles. The van der Waals surface area contributed by atoms with E-state index in [0.29, 0.717) is 0 Å². The number of aliphatic hydroxyl groups excluding tert-OH is 1. The molecule has 0 bridgehead atoms. The van der Waals surface area contributed by atoms with Crippen LogP contribution < -0.4 is 10.5 Å². The van der Waals surface area contributed by atoms with Crippen LogP contribution >= 0.6 is 0 Å². The predicted molar refractivity (Wildman–Crippen MR) is 56.3 cm³/mol. The first-order valence-corrected chi connectivity index (χ1v) is 4.64. The lowest BCUT2D eigenvalue weighted by Crippen LogP contribution is -2.23. The largest absolute Gasteiger partial charge is 0.496 e. The van der Waals surface area contributed by atoms with Gasteiger partial charge in [0.05, 0.1) is 19.3 Å². The maximum Gasteiger partial charge on any atom is 0.121 e. The van der Waals surface area contributed by atoms with Gasteiger partial charge in [-0.2, -0.15) is 0 Å². The topological polar surface area (TPSA) is 55.5 Å². The summed E-state index contributed by atoms with van der Waals surface area (Å²) in [7, 11) is 1.64. The quantitative estimate of drug-likeness (QED) is 0.766. The van der Waals surface area contributed by atoms with E-state index < -0.39 is 6.10 Å². The molecule has 0 aliphatic rings. The van der Waals surface area contributed by atoms with Gasteiger partial charge in [-0.05, 0) is 31.0 Å². The molecule has 1 rings (SSSR count). The normalized spacial score (nSPS) is 14.9. The highest BCUT2D eigenvalue weighted by atomic mass is 16.5. The minimum atomic E-state index is -0.539. The fourth-order valence-electron chi connectivity index (χ4n) is 1.39. The van der Waals surface area contributed by atoms with E-state index in [4.69, 9.17) is 10.5 Å². The van der Waals surface area contributed by atoms with Crippen molar-refractivity contribution in [3.63, 3.8) is 0 Å². The molecule has 0 saturated carbocycles. The molecule has 2 atom stereocenters. The summed E-state index contributed by atoms with van der Waals surface area (Å²) in [5.41, 5.74) is 7.77. The minimum absolute atomic E-state index is 0.334. The van der Waals surface area contributed by atoms with E-state index in [0.717, 1.165) is 16.9 Å². The number of aliphatic hydroxyl groups is 1. The van der Waals surface area contributed by atoms with E-state index in [-0.39, 0.29) is 6.04 Å². The molecule has 0 heterocycles. The van der Waals surface area contributed by atoms with Crippen molar-refractivity contribution >= 4 is 0 Å². The molecule has 78 valence electrons. The van der Waals surface area contributed by atoms with Gasteiger partial charge in [0.1, 0.15) is 5.75 Å². The van der Waals surface area contributed by atoms with Crippen molar-refractivity contribution in [2.24, 2.45) is 5.73 Å². The second-order valence-corrected chi connectivity index (χ2v) is 3.50. The molecule has 1 aromatic carbocycles. The Kier molecular flexibility index (Phi) is 3.49. The lowest BCUT2D eigenvalue weighted by molar-refractivity contribution is 0.164. The lowest BCUT2D eigenvalue weighted by Gasteiger charge is -2.16. The van der Waals surface area contributed by atoms with Crippen molar-refractivity contribution in [2.75, 3.05) is 7.11 Å². The van der Waals surface area contributed by atoms with Crippen LogP contribution in [0.15, 0.2) is 18.2 Å². The van der Waals surface area contributed by atoms with E-state index >= 15 is 0 Å². The molecular formula is C11H17NO2. The summed E-state index contributed by atoms with van der Waals surface area (Å²) in [5, 5.41) is 9.34. The molecule has 1 aromatic rings. The molecule has 0 amide bonds. The summed E-state index contributed by atoms with van der Waals surface area (Å²) < 4.78 is 5.14. The molecule has 0 unspecified atom stereocenters. The molecule has 0 fully saturated rings. The highest BCUT2D eigenvalue weighted by molar-refractivity contribution is 5.37. The maximum atomic E-state index is 9.34. The van der Waals surface area contributed by atoms with Crippen molar-refractivity contribution < 1.29 is 9.84 Å². The van der Waals surface area contributed by atoms with Crippen LogP contribution in [0.4, 0.5) is 0 Å². The van der Waals surface area contributed by atoms with Crippen molar-refractivity contribution in [1.29, 1.82) is 0 Å². The molecule has 0 radical (unpaired) electrons. The van der Waals surface area contributed by atoms with Gasteiger partial charge in [-0.15, -0.1) is 0 Å². The summed E-state index contributed by atoms with van der Waals surface area (Å²) >= 11 is 0. The van der Waals surface area contributed by atoms with Crippen molar-refractivity contribution in [1.82, 2.24) is 0 Å². The van der Waals surface area contributed by atoms with Gasteiger partial charge in [0.15, 0.2) is 0 Å². The van der Waals surface area contributed by atoms with Crippen LogP contribution in [0.3, 0.4) is 0 Å². The van der Waals surface area contributed by atoms with Gasteiger partial charge in [-0.25, -0.2) is 0 Å². The Morgan fingerprint density at radius 1 is 1.43 bits per heavy atom. The van der Waals surface area contributed by atoms with Crippen molar-refractivity contribution in [3.8, 4) is 5.75 Å².